The molecule has 2 rings (SSSR count). The number of hydrogen-bond donors (Lipinski definition) is 1. The summed E-state index contributed by atoms with van der Waals surface area (Å²) in [7, 11) is 1.80. The maximum atomic E-state index is 6.06. The lowest BCUT2D eigenvalue weighted by atomic mass is 9.94. The lowest BCUT2D eigenvalue weighted by Crippen LogP contribution is -2.40. The second-order valence-electron chi connectivity index (χ2n) is 6.51. The van der Waals surface area contributed by atoms with Crippen molar-refractivity contribution in [2.24, 2.45) is 11.7 Å². The van der Waals surface area contributed by atoms with Crippen molar-refractivity contribution in [1.82, 2.24) is 4.90 Å². The Bertz CT molecular complexity index is 408. The molecule has 0 spiro atoms. The fraction of sp³-hybridized carbons (Fsp3) is 0.667. The molecule has 0 radical (unpaired) electrons. The number of nitrogens with two attached hydrogens (primary N) is 1. The van der Waals surface area contributed by atoms with Gasteiger partial charge in [-0.25, -0.2) is 0 Å². The quantitative estimate of drug-likeness (QED) is 0.874. The molecule has 1 aliphatic heterocycles. The maximum Gasteiger partial charge on any atom is 0.0491 e. The number of likely N-dealkylation sites (tertiary alicyclic amines) is 1. The smallest absolute Gasteiger partial charge is 0.0491 e. The zero-order valence-corrected chi connectivity index (χ0v) is 13.7. The fourth-order valence-corrected chi connectivity index (χ4v) is 3.27. The molecule has 1 aromatic rings. The summed E-state index contributed by atoms with van der Waals surface area (Å²) in [6, 6.07) is 9.37. The van der Waals surface area contributed by atoms with Crippen LogP contribution in [0, 0.1) is 5.92 Å². The second-order valence-corrected chi connectivity index (χ2v) is 6.51. The van der Waals surface area contributed by atoms with E-state index in [1.165, 1.54) is 24.0 Å². The Labute approximate surface area is 129 Å². The summed E-state index contributed by atoms with van der Waals surface area (Å²) < 4.78 is 5.28. The molecule has 118 valence electrons. The fourth-order valence-electron chi connectivity index (χ4n) is 3.27. The zero-order chi connectivity index (χ0) is 15.2. The molecular weight excluding hydrogens is 260 g/mol. The van der Waals surface area contributed by atoms with E-state index in [1.807, 2.05) is 0 Å². The van der Waals surface area contributed by atoms with Crippen LogP contribution in [-0.4, -0.2) is 38.3 Å². The van der Waals surface area contributed by atoms with Gasteiger partial charge in [-0.15, -0.1) is 0 Å². The number of methoxy groups -OCH3 is 1. The molecule has 1 aromatic carbocycles. The van der Waals surface area contributed by atoms with Crippen LogP contribution in [0.2, 0.25) is 0 Å². The van der Waals surface area contributed by atoms with Gasteiger partial charge in [0.25, 0.3) is 0 Å². The molecular formula is C18H30N2O. The monoisotopic (exact) mass is 290 g/mol. The summed E-state index contributed by atoms with van der Waals surface area (Å²) >= 11 is 0. The van der Waals surface area contributed by atoms with Crippen molar-refractivity contribution in [3.05, 3.63) is 35.4 Å². The third kappa shape index (κ3) is 4.29. The summed E-state index contributed by atoms with van der Waals surface area (Å²) in [5, 5.41) is 0. The first-order chi connectivity index (χ1) is 10.2. The van der Waals surface area contributed by atoms with Crippen LogP contribution >= 0.6 is 0 Å². The summed E-state index contributed by atoms with van der Waals surface area (Å²) in [6.07, 6.45) is 2.43. The van der Waals surface area contributed by atoms with Crippen LogP contribution in [0.1, 0.15) is 49.8 Å². The first-order valence-electron chi connectivity index (χ1n) is 8.18. The number of rotatable bonds is 6. The highest BCUT2D eigenvalue weighted by atomic mass is 16.5. The molecule has 0 saturated carbocycles. The molecule has 1 unspecified atom stereocenters. The van der Waals surface area contributed by atoms with Crippen molar-refractivity contribution < 1.29 is 4.74 Å². The van der Waals surface area contributed by atoms with E-state index in [9.17, 15) is 0 Å². The van der Waals surface area contributed by atoms with Crippen LogP contribution in [0.25, 0.3) is 0 Å². The van der Waals surface area contributed by atoms with Gasteiger partial charge < -0.3 is 10.5 Å². The van der Waals surface area contributed by atoms with Crippen molar-refractivity contribution in [2.45, 2.75) is 38.6 Å². The van der Waals surface area contributed by atoms with Crippen LogP contribution in [-0.2, 0) is 4.74 Å². The van der Waals surface area contributed by atoms with E-state index in [4.69, 9.17) is 10.5 Å². The number of hydrogen-bond acceptors (Lipinski definition) is 3. The Kier molecular flexibility index (Phi) is 6.22. The Morgan fingerprint density at radius 1 is 1.14 bits per heavy atom. The molecule has 0 aliphatic carbocycles. The molecule has 1 atom stereocenters. The summed E-state index contributed by atoms with van der Waals surface area (Å²) in [5.74, 6) is 1.30. The van der Waals surface area contributed by atoms with Crippen LogP contribution in [0.4, 0.5) is 0 Å². The molecule has 1 fully saturated rings. The van der Waals surface area contributed by atoms with E-state index in [0.29, 0.717) is 24.4 Å². The average Bonchev–Trinajstić information content (AvgIpc) is 2.50. The lowest BCUT2D eigenvalue weighted by molar-refractivity contribution is 0.0810. The van der Waals surface area contributed by atoms with Crippen molar-refractivity contribution >= 4 is 0 Å². The van der Waals surface area contributed by atoms with Crippen LogP contribution in [0.3, 0.4) is 0 Å². The summed E-state index contributed by atoms with van der Waals surface area (Å²) in [6.45, 7) is 8.30. The van der Waals surface area contributed by atoms with Crippen LogP contribution in [0.15, 0.2) is 24.3 Å². The molecule has 0 aromatic heterocycles. The van der Waals surface area contributed by atoms with Gasteiger partial charge in [0.1, 0.15) is 0 Å². The van der Waals surface area contributed by atoms with E-state index in [2.05, 4.69) is 43.0 Å². The van der Waals surface area contributed by atoms with Gasteiger partial charge in [0.05, 0.1) is 0 Å². The van der Waals surface area contributed by atoms with Crippen LogP contribution in [0.5, 0.6) is 0 Å². The summed E-state index contributed by atoms with van der Waals surface area (Å²) in [4.78, 5) is 2.54. The number of ether oxygens (including phenoxy) is 1. The minimum atomic E-state index is 0.356. The van der Waals surface area contributed by atoms with E-state index >= 15 is 0 Å². The van der Waals surface area contributed by atoms with Crippen molar-refractivity contribution in [1.29, 1.82) is 0 Å². The van der Waals surface area contributed by atoms with Gasteiger partial charge in [0.2, 0.25) is 0 Å². The molecule has 3 heteroatoms. The predicted octanol–water partition coefficient (Wildman–Crippen LogP) is 3.17. The number of nitrogens with zero attached hydrogens (tertiary/aromatic N) is 1. The molecule has 1 heterocycles. The Morgan fingerprint density at radius 2 is 1.71 bits per heavy atom. The third-order valence-corrected chi connectivity index (χ3v) is 4.70. The molecule has 21 heavy (non-hydrogen) atoms. The van der Waals surface area contributed by atoms with E-state index in [-0.39, 0.29) is 0 Å². The largest absolute Gasteiger partial charge is 0.384 e. The highest BCUT2D eigenvalue weighted by Gasteiger charge is 2.25. The van der Waals surface area contributed by atoms with Crippen molar-refractivity contribution in [3.8, 4) is 0 Å². The van der Waals surface area contributed by atoms with Crippen molar-refractivity contribution in [2.75, 3.05) is 33.4 Å². The first-order valence-corrected chi connectivity index (χ1v) is 8.18. The minimum Gasteiger partial charge on any atom is -0.384 e. The Hall–Kier alpha value is -0.900. The minimum absolute atomic E-state index is 0.356. The van der Waals surface area contributed by atoms with Gasteiger partial charge in [-0.2, -0.15) is 0 Å². The molecule has 0 amide bonds. The van der Waals surface area contributed by atoms with Crippen LogP contribution < -0.4 is 5.73 Å². The SMILES string of the molecule is COCC1CCN(C(CN)c2ccc(C(C)C)cc2)CC1. The molecule has 0 bridgehead atoms. The predicted molar refractivity (Wildman–Crippen MR) is 88.5 cm³/mol. The van der Waals surface area contributed by atoms with E-state index in [0.717, 1.165) is 19.7 Å². The maximum absolute atomic E-state index is 6.06. The standard InChI is InChI=1S/C18H30N2O/c1-14(2)16-4-6-17(7-5-16)18(12-19)20-10-8-15(9-11-20)13-21-3/h4-7,14-15,18H,8-13,19H2,1-3H3. The average molecular weight is 290 g/mol. The van der Waals surface area contributed by atoms with E-state index < -0.39 is 0 Å². The zero-order valence-electron chi connectivity index (χ0n) is 13.7. The Morgan fingerprint density at radius 3 is 2.19 bits per heavy atom. The third-order valence-electron chi connectivity index (χ3n) is 4.70. The number of piperidine rings is 1. The van der Waals surface area contributed by atoms with Gasteiger partial charge in [-0.1, -0.05) is 38.1 Å². The molecule has 3 nitrogen and oxygen atoms in total. The summed E-state index contributed by atoms with van der Waals surface area (Å²) in [5.41, 5.74) is 8.81. The molecule has 2 N–H and O–H groups in total. The van der Waals surface area contributed by atoms with Gasteiger partial charge in [0, 0.05) is 26.3 Å². The number of benzene rings is 1. The molecule has 1 saturated heterocycles. The normalized spacial score (nSPS) is 19.1. The highest BCUT2D eigenvalue weighted by Crippen LogP contribution is 2.27. The second kappa shape index (κ2) is 7.92. The van der Waals surface area contributed by atoms with Crippen molar-refractivity contribution in [3.63, 3.8) is 0 Å². The lowest BCUT2D eigenvalue weighted by Gasteiger charge is -2.37. The topological polar surface area (TPSA) is 38.5 Å². The van der Waals surface area contributed by atoms with E-state index in [1.54, 1.807) is 7.11 Å². The highest BCUT2D eigenvalue weighted by molar-refractivity contribution is 5.27. The molecule has 1 aliphatic rings. The van der Waals surface area contributed by atoms with Gasteiger partial charge >= 0.3 is 0 Å². The van der Waals surface area contributed by atoms with Gasteiger partial charge in [-0.3, -0.25) is 4.90 Å². The van der Waals surface area contributed by atoms with Gasteiger partial charge in [-0.05, 0) is 48.9 Å². The Balaban J connectivity index is 1.99. The first kappa shape index (κ1) is 16.5. The van der Waals surface area contributed by atoms with Gasteiger partial charge in [0.15, 0.2) is 0 Å².